The van der Waals surface area contributed by atoms with E-state index in [0.717, 1.165) is 12.1 Å². The van der Waals surface area contributed by atoms with Gasteiger partial charge in [0.1, 0.15) is 0 Å². The van der Waals surface area contributed by atoms with Gasteiger partial charge in [0.2, 0.25) is 0 Å². The van der Waals surface area contributed by atoms with Crippen molar-refractivity contribution in [2.75, 3.05) is 5.43 Å². The Kier molecular flexibility index (Phi) is 3.20. The molecule has 0 saturated carbocycles. The van der Waals surface area contributed by atoms with E-state index in [0.29, 0.717) is 0 Å². The zero-order chi connectivity index (χ0) is 8.10. The normalized spacial score (nSPS) is 9.64. The van der Waals surface area contributed by atoms with E-state index < -0.39 is 0 Å². The van der Waals surface area contributed by atoms with Gasteiger partial charge >= 0.3 is 0 Å². The summed E-state index contributed by atoms with van der Waals surface area (Å²) in [6, 6.07) is 8.08. The van der Waals surface area contributed by atoms with Crippen LogP contribution in [-0.2, 0) is 6.42 Å². The van der Waals surface area contributed by atoms with Gasteiger partial charge in [0.05, 0.1) is 5.69 Å². The minimum absolute atomic E-state index is 0.986. The molecule has 60 valence electrons. The lowest BCUT2D eigenvalue weighted by Gasteiger charge is -2.03. The molecule has 0 atom stereocenters. The Morgan fingerprint density at radius 3 is 2.91 bits per heavy atom. The molecule has 3 heteroatoms. The second-order valence-corrected chi connectivity index (χ2v) is 2.46. The van der Waals surface area contributed by atoms with E-state index in [2.05, 4.69) is 29.4 Å². The molecule has 0 amide bonds. The van der Waals surface area contributed by atoms with Crippen LogP contribution in [0.4, 0.5) is 5.69 Å². The summed E-state index contributed by atoms with van der Waals surface area (Å²) in [7, 11) is 0. The fourth-order valence-corrected chi connectivity index (χ4v) is 1.03. The maximum atomic E-state index is 5.27. The summed E-state index contributed by atoms with van der Waals surface area (Å²) < 4.78 is 0. The summed E-state index contributed by atoms with van der Waals surface area (Å²) in [4.78, 5) is 2.36. The van der Waals surface area contributed by atoms with Crippen LogP contribution in [0.25, 0.3) is 0 Å². The average molecular weight is 171 g/mol. The zero-order valence-corrected chi connectivity index (χ0v) is 7.15. The molecular formula is C8H11ClN2. The highest BCUT2D eigenvalue weighted by Gasteiger charge is 1.90. The van der Waals surface area contributed by atoms with Gasteiger partial charge in [-0.05, 0) is 35.9 Å². The third kappa shape index (κ3) is 2.41. The summed E-state index contributed by atoms with van der Waals surface area (Å²) in [6.45, 7) is 2.12. The number of halogens is 1. The lowest BCUT2D eigenvalue weighted by molar-refractivity contribution is 1.13. The number of anilines is 1. The number of hydrogen-bond donors (Lipinski definition) is 2. The van der Waals surface area contributed by atoms with Crippen LogP contribution in [0.15, 0.2) is 24.3 Å². The van der Waals surface area contributed by atoms with E-state index in [1.54, 1.807) is 0 Å². The van der Waals surface area contributed by atoms with Crippen LogP contribution in [0.2, 0.25) is 0 Å². The first kappa shape index (κ1) is 8.37. The smallest absolute Gasteiger partial charge is 0.0503 e. The molecule has 0 aliphatic carbocycles. The van der Waals surface area contributed by atoms with Crippen molar-refractivity contribution in [3.05, 3.63) is 29.8 Å². The molecule has 11 heavy (non-hydrogen) atoms. The zero-order valence-electron chi connectivity index (χ0n) is 6.39. The molecule has 0 unspecified atom stereocenters. The molecule has 0 saturated heterocycles. The molecule has 1 aromatic rings. The SMILES string of the molecule is CCc1cccc(NNCl)c1. The fraction of sp³-hybridized carbons (Fsp3) is 0.250. The quantitative estimate of drug-likeness (QED) is 0.538. The minimum atomic E-state index is 0.986. The molecule has 0 heterocycles. The maximum Gasteiger partial charge on any atom is 0.0503 e. The number of nitrogens with one attached hydrogen (secondary N) is 2. The van der Waals surface area contributed by atoms with Gasteiger partial charge in [0.15, 0.2) is 0 Å². The summed E-state index contributed by atoms with van der Waals surface area (Å²) in [5.41, 5.74) is 5.08. The molecular weight excluding hydrogens is 160 g/mol. The highest BCUT2D eigenvalue weighted by molar-refractivity contribution is 6.13. The largest absolute Gasteiger partial charge is 0.308 e. The van der Waals surface area contributed by atoms with Gasteiger partial charge in [0.25, 0.3) is 0 Å². The first-order valence-electron chi connectivity index (χ1n) is 3.57. The van der Waals surface area contributed by atoms with Crippen LogP contribution < -0.4 is 10.4 Å². The Bertz CT molecular complexity index is 225. The molecule has 0 aliphatic heterocycles. The molecule has 2 nitrogen and oxygen atoms in total. The molecule has 0 radical (unpaired) electrons. The van der Waals surface area contributed by atoms with Crippen molar-refractivity contribution >= 4 is 17.5 Å². The highest BCUT2D eigenvalue weighted by atomic mass is 35.5. The summed E-state index contributed by atoms with van der Waals surface area (Å²) in [6.07, 6.45) is 1.04. The lowest BCUT2D eigenvalue weighted by Crippen LogP contribution is -2.08. The first-order valence-corrected chi connectivity index (χ1v) is 3.95. The Morgan fingerprint density at radius 1 is 1.45 bits per heavy atom. The van der Waals surface area contributed by atoms with Gasteiger partial charge in [-0.1, -0.05) is 19.1 Å². The van der Waals surface area contributed by atoms with E-state index >= 15 is 0 Å². The predicted molar refractivity (Wildman–Crippen MR) is 48.4 cm³/mol. The van der Waals surface area contributed by atoms with Gasteiger partial charge in [-0.25, -0.2) is 0 Å². The number of hydrogen-bond acceptors (Lipinski definition) is 2. The Hall–Kier alpha value is -0.730. The van der Waals surface area contributed by atoms with Crippen LogP contribution in [-0.4, -0.2) is 0 Å². The number of benzene rings is 1. The van der Waals surface area contributed by atoms with Gasteiger partial charge in [0, 0.05) is 0 Å². The minimum Gasteiger partial charge on any atom is -0.308 e. The summed E-state index contributed by atoms with van der Waals surface area (Å²) in [5, 5.41) is 0. The number of rotatable bonds is 3. The topological polar surface area (TPSA) is 24.1 Å². The van der Waals surface area contributed by atoms with Crippen molar-refractivity contribution in [1.29, 1.82) is 0 Å². The highest BCUT2D eigenvalue weighted by Crippen LogP contribution is 2.09. The van der Waals surface area contributed by atoms with E-state index in [1.165, 1.54) is 5.56 Å². The fourth-order valence-electron chi connectivity index (χ4n) is 0.924. The second-order valence-electron chi connectivity index (χ2n) is 2.27. The van der Waals surface area contributed by atoms with Crippen molar-refractivity contribution < 1.29 is 0 Å². The van der Waals surface area contributed by atoms with Crippen molar-refractivity contribution in [3.8, 4) is 0 Å². The summed E-state index contributed by atoms with van der Waals surface area (Å²) in [5.74, 6) is 0. The van der Waals surface area contributed by atoms with Crippen molar-refractivity contribution in [2.24, 2.45) is 0 Å². The van der Waals surface area contributed by atoms with Crippen LogP contribution in [0.1, 0.15) is 12.5 Å². The first-order chi connectivity index (χ1) is 5.36. The van der Waals surface area contributed by atoms with Crippen molar-refractivity contribution in [2.45, 2.75) is 13.3 Å². The third-order valence-electron chi connectivity index (χ3n) is 1.53. The van der Waals surface area contributed by atoms with Crippen molar-refractivity contribution in [3.63, 3.8) is 0 Å². The van der Waals surface area contributed by atoms with Gasteiger partial charge < -0.3 is 5.43 Å². The Labute approximate surface area is 71.6 Å². The molecule has 0 aromatic heterocycles. The van der Waals surface area contributed by atoms with Crippen LogP contribution >= 0.6 is 11.8 Å². The second kappa shape index (κ2) is 4.21. The standard InChI is InChI=1S/C8H11ClN2/c1-2-7-4-3-5-8(6-7)10-11-9/h3-6,10-11H,2H2,1H3. The Morgan fingerprint density at radius 2 is 2.27 bits per heavy atom. The van der Waals surface area contributed by atoms with E-state index in [4.69, 9.17) is 11.8 Å². The number of aryl methyl sites for hydroxylation is 1. The van der Waals surface area contributed by atoms with Crippen molar-refractivity contribution in [1.82, 2.24) is 4.94 Å². The lowest BCUT2D eigenvalue weighted by atomic mass is 10.1. The molecule has 0 aliphatic rings. The summed E-state index contributed by atoms with van der Waals surface area (Å²) >= 11 is 5.27. The molecule has 0 fully saturated rings. The van der Waals surface area contributed by atoms with Gasteiger partial charge in [-0.2, -0.15) is 0 Å². The Balaban J connectivity index is 2.74. The van der Waals surface area contributed by atoms with Crippen LogP contribution in [0.5, 0.6) is 0 Å². The van der Waals surface area contributed by atoms with Crippen LogP contribution in [0.3, 0.4) is 0 Å². The molecule has 0 spiro atoms. The molecule has 2 N–H and O–H groups in total. The molecule has 0 bridgehead atoms. The predicted octanol–water partition coefficient (Wildman–Crippen LogP) is 2.32. The van der Waals surface area contributed by atoms with Crippen LogP contribution in [0, 0.1) is 0 Å². The van der Waals surface area contributed by atoms with E-state index in [9.17, 15) is 0 Å². The molecule has 1 rings (SSSR count). The molecule has 1 aromatic carbocycles. The number of hydrazine groups is 1. The van der Waals surface area contributed by atoms with E-state index in [-0.39, 0.29) is 0 Å². The van der Waals surface area contributed by atoms with Gasteiger partial charge in [-0.3, -0.25) is 0 Å². The average Bonchev–Trinajstić information content (AvgIpc) is 2.06. The monoisotopic (exact) mass is 170 g/mol. The van der Waals surface area contributed by atoms with Gasteiger partial charge in [-0.15, -0.1) is 4.94 Å². The van der Waals surface area contributed by atoms with E-state index in [1.807, 2.05) is 12.1 Å². The third-order valence-corrected chi connectivity index (χ3v) is 1.62. The maximum absolute atomic E-state index is 5.27.